The molecule has 0 saturated heterocycles. The van der Waals surface area contributed by atoms with Crippen molar-refractivity contribution >= 4 is 11.7 Å². The summed E-state index contributed by atoms with van der Waals surface area (Å²) in [5.74, 6) is 1.69. The highest BCUT2D eigenvalue weighted by Crippen LogP contribution is 2.37. The Balaban J connectivity index is 1.82. The van der Waals surface area contributed by atoms with Crippen molar-refractivity contribution in [3.8, 4) is 22.6 Å². The molecule has 116 valence electrons. The number of hydrogen-bond donors (Lipinski definition) is 3. The van der Waals surface area contributed by atoms with E-state index >= 15 is 0 Å². The first kappa shape index (κ1) is 14.4. The van der Waals surface area contributed by atoms with Gasteiger partial charge in [-0.25, -0.2) is 0 Å². The third-order valence-electron chi connectivity index (χ3n) is 3.51. The molecule has 0 fully saturated rings. The van der Waals surface area contributed by atoms with E-state index in [1.807, 2.05) is 25.1 Å². The summed E-state index contributed by atoms with van der Waals surface area (Å²) in [6.45, 7) is 2.21. The van der Waals surface area contributed by atoms with E-state index in [1.54, 1.807) is 6.20 Å². The molecule has 22 heavy (non-hydrogen) atoms. The lowest BCUT2D eigenvalue weighted by molar-refractivity contribution is -0.117. The molecule has 4 N–H and O–H groups in total. The zero-order chi connectivity index (χ0) is 15.5. The predicted molar refractivity (Wildman–Crippen MR) is 81.7 cm³/mol. The number of fused-ring (bicyclic) bond motifs is 1. The third kappa shape index (κ3) is 2.75. The normalized spacial score (nSPS) is 13.9. The molecule has 1 aromatic heterocycles. The monoisotopic (exact) mass is 302 g/mol. The second-order valence-corrected chi connectivity index (χ2v) is 5.11. The number of hydrogen-bond acceptors (Lipinski definition) is 5. The van der Waals surface area contributed by atoms with Crippen molar-refractivity contribution in [2.24, 2.45) is 5.73 Å². The Labute approximate surface area is 127 Å². The van der Waals surface area contributed by atoms with E-state index in [1.165, 1.54) is 0 Å². The van der Waals surface area contributed by atoms with Gasteiger partial charge in [0, 0.05) is 5.56 Å². The molecule has 0 bridgehead atoms. The van der Waals surface area contributed by atoms with Crippen LogP contribution in [0.3, 0.4) is 0 Å². The number of amides is 1. The molecule has 2 aromatic rings. The molecule has 1 unspecified atom stereocenters. The molecular formula is C15H18N4O3. The molecule has 1 aliphatic rings. The molecular weight excluding hydrogens is 284 g/mol. The van der Waals surface area contributed by atoms with Crippen molar-refractivity contribution in [1.29, 1.82) is 0 Å². The molecule has 7 nitrogen and oxygen atoms in total. The van der Waals surface area contributed by atoms with Gasteiger partial charge in [0.05, 0.1) is 12.2 Å². The number of carbonyl (C=O) groups excluding carboxylic acids is 1. The number of benzene rings is 1. The number of carbonyl (C=O) groups is 1. The van der Waals surface area contributed by atoms with Crippen molar-refractivity contribution < 1.29 is 14.3 Å². The fourth-order valence-electron chi connectivity index (χ4n) is 2.32. The topological polar surface area (TPSA) is 102 Å². The summed E-state index contributed by atoms with van der Waals surface area (Å²) in [4.78, 5) is 12.0. The minimum Gasteiger partial charge on any atom is -0.454 e. The van der Waals surface area contributed by atoms with Gasteiger partial charge < -0.3 is 20.5 Å². The van der Waals surface area contributed by atoms with Crippen molar-refractivity contribution in [1.82, 2.24) is 10.2 Å². The molecule has 0 saturated carbocycles. The first-order valence-corrected chi connectivity index (χ1v) is 7.19. The minimum atomic E-state index is -0.530. The smallest absolute Gasteiger partial charge is 0.242 e. The molecule has 2 heterocycles. The average Bonchev–Trinajstić information content (AvgIpc) is 3.15. The Morgan fingerprint density at radius 3 is 3.09 bits per heavy atom. The average molecular weight is 302 g/mol. The van der Waals surface area contributed by atoms with E-state index in [0.717, 1.165) is 17.5 Å². The van der Waals surface area contributed by atoms with Gasteiger partial charge in [-0.2, -0.15) is 5.10 Å². The highest BCUT2D eigenvalue weighted by Gasteiger charge is 2.18. The van der Waals surface area contributed by atoms with Gasteiger partial charge >= 0.3 is 0 Å². The molecule has 0 radical (unpaired) electrons. The Bertz CT molecular complexity index is 683. The summed E-state index contributed by atoms with van der Waals surface area (Å²) in [6.07, 6.45) is 3.14. The highest BCUT2D eigenvalue weighted by atomic mass is 16.7. The van der Waals surface area contributed by atoms with E-state index in [2.05, 4.69) is 15.5 Å². The van der Waals surface area contributed by atoms with Gasteiger partial charge in [0.15, 0.2) is 11.5 Å². The minimum absolute atomic E-state index is 0.222. The molecule has 0 aliphatic carbocycles. The molecule has 0 spiro atoms. The van der Waals surface area contributed by atoms with Gasteiger partial charge in [0.2, 0.25) is 12.7 Å². The van der Waals surface area contributed by atoms with Crippen molar-refractivity contribution in [3.63, 3.8) is 0 Å². The summed E-state index contributed by atoms with van der Waals surface area (Å²) in [6, 6.07) is 5.05. The van der Waals surface area contributed by atoms with E-state index in [4.69, 9.17) is 15.2 Å². The van der Waals surface area contributed by atoms with Gasteiger partial charge in [-0.1, -0.05) is 19.4 Å². The zero-order valence-corrected chi connectivity index (χ0v) is 12.3. The molecule has 7 heteroatoms. The second-order valence-electron chi connectivity index (χ2n) is 5.11. The van der Waals surface area contributed by atoms with Gasteiger partial charge in [0.1, 0.15) is 5.82 Å². The first-order chi connectivity index (χ1) is 10.7. The van der Waals surface area contributed by atoms with Crippen LogP contribution in [0.1, 0.15) is 19.8 Å². The van der Waals surface area contributed by atoms with Crippen molar-refractivity contribution in [2.45, 2.75) is 25.8 Å². The largest absolute Gasteiger partial charge is 0.454 e. The van der Waals surface area contributed by atoms with Crippen LogP contribution in [-0.2, 0) is 4.79 Å². The number of rotatable bonds is 5. The van der Waals surface area contributed by atoms with Crippen LogP contribution in [0.15, 0.2) is 24.4 Å². The van der Waals surface area contributed by atoms with E-state index in [-0.39, 0.29) is 12.7 Å². The number of ether oxygens (including phenoxy) is 2. The number of aromatic nitrogens is 2. The number of nitrogens with one attached hydrogen (secondary N) is 2. The van der Waals surface area contributed by atoms with Crippen molar-refractivity contribution in [3.05, 3.63) is 24.4 Å². The lowest BCUT2D eigenvalue weighted by Gasteiger charge is -2.11. The van der Waals surface area contributed by atoms with Gasteiger partial charge in [-0.3, -0.25) is 9.89 Å². The summed E-state index contributed by atoms with van der Waals surface area (Å²) in [5, 5.41) is 9.58. The third-order valence-corrected chi connectivity index (χ3v) is 3.51. The Kier molecular flexibility index (Phi) is 3.97. The molecule has 1 aromatic carbocycles. The fourth-order valence-corrected chi connectivity index (χ4v) is 2.32. The maximum Gasteiger partial charge on any atom is 0.242 e. The Hall–Kier alpha value is -2.54. The highest BCUT2D eigenvalue weighted by molar-refractivity contribution is 5.97. The van der Waals surface area contributed by atoms with Crippen molar-refractivity contribution in [2.75, 3.05) is 12.1 Å². The fraction of sp³-hybridized carbons (Fsp3) is 0.333. The Morgan fingerprint density at radius 2 is 2.27 bits per heavy atom. The van der Waals surface area contributed by atoms with Crippen LogP contribution in [0.2, 0.25) is 0 Å². The second kappa shape index (κ2) is 6.07. The summed E-state index contributed by atoms with van der Waals surface area (Å²) in [7, 11) is 0. The van der Waals surface area contributed by atoms with Gasteiger partial charge in [-0.15, -0.1) is 0 Å². The molecule has 1 aliphatic heterocycles. The summed E-state index contributed by atoms with van der Waals surface area (Å²) in [5.41, 5.74) is 7.47. The number of H-pyrrole nitrogens is 1. The van der Waals surface area contributed by atoms with E-state index in [0.29, 0.717) is 23.7 Å². The van der Waals surface area contributed by atoms with E-state index in [9.17, 15) is 4.79 Å². The molecule has 3 rings (SSSR count). The number of nitrogens with two attached hydrogens (primary N) is 1. The lowest BCUT2D eigenvalue weighted by Crippen LogP contribution is -2.35. The van der Waals surface area contributed by atoms with Gasteiger partial charge in [-0.05, 0) is 24.1 Å². The van der Waals surface area contributed by atoms with Crippen LogP contribution in [0.25, 0.3) is 11.1 Å². The summed E-state index contributed by atoms with van der Waals surface area (Å²) < 4.78 is 10.7. The molecule has 1 amide bonds. The van der Waals surface area contributed by atoms with Crippen LogP contribution < -0.4 is 20.5 Å². The Morgan fingerprint density at radius 1 is 1.45 bits per heavy atom. The summed E-state index contributed by atoms with van der Waals surface area (Å²) >= 11 is 0. The first-order valence-electron chi connectivity index (χ1n) is 7.19. The maximum atomic E-state index is 12.0. The van der Waals surface area contributed by atoms with Crippen LogP contribution in [0.5, 0.6) is 11.5 Å². The number of aromatic amines is 1. The zero-order valence-electron chi connectivity index (χ0n) is 12.3. The van der Waals surface area contributed by atoms with Crippen LogP contribution in [0.4, 0.5) is 5.82 Å². The standard InChI is InChI=1S/C15H18N4O3/c1-2-3-11(16)15(20)18-14-10(7-17-19-14)9-4-5-12-13(6-9)22-8-21-12/h4-7,11H,2-3,8,16H2,1H3,(H2,17,18,19,20). The maximum absolute atomic E-state index is 12.0. The predicted octanol–water partition coefficient (Wildman–Crippen LogP) is 1.87. The number of nitrogens with zero attached hydrogens (tertiary/aromatic N) is 1. The van der Waals surface area contributed by atoms with Crippen LogP contribution >= 0.6 is 0 Å². The van der Waals surface area contributed by atoms with Crippen LogP contribution in [0, 0.1) is 0 Å². The number of anilines is 1. The van der Waals surface area contributed by atoms with Crippen LogP contribution in [-0.4, -0.2) is 28.9 Å². The van der Waals surface area contributed by atoms with E-state index < -0.39 is 6.04 Å². The molecule has 1 atom stereocenters. The SMILES string of the molecule is CCCC(N)C(=O)Nc1[nH]ncc1-c1ccc2c(c1)OCO2. The van der Waals surface area contributed by atoms with Gasteiger partial charge in [0.25, 0.3) is 0 Å². The lowest BCUT2D eigenvalue weighted by atomic mass is 10.1. The quantitative estimate of drug-likeness (QED) is 0.782.